The highest BCUT2D eigenvalue weighted by Crippen LogP contribution is 2.14. The summed E-state index contributed by atoms with van der Waals surface area (Å²) < 4.78 is 10.1. The first-order valence-electron chi connectivity index (χ1n) is 6.91. The Kier molecular flexibility index (Phi) is 4.28. The van der Waals surface area contributed by atoms with Crippen LogP contribution in [0.15, 0.2) is 53.3 Å². The van der Waals surface area contributed by atoms with Crippen LogP contribution >= 0.6 is 0 Å². The van der Waals surface area contributed by atoms with Crippen molar-refractivity contribution in [3.05, 3.63) is 60.2 Å². The van der Waals surface area contributed by atoms with Crippen LogP contribution in [0.2, 0.25) is 0 Å². The zero-order valence-corrected chi connectivity index (χ0v) is 12.4. The minimum absolute atomic E-state index is 0.0784. The third-order valence-corrected chi connectivity index (χ3v) is 3.17. The second-order valence-electron chi connectivity index (χ2n) is 4.69. The summed E-state index contributed by atoms with van der Waals surface area (Å²) in [5.74, 6) is 0.611. The molecular weight excluding hydrogens is 296 g/mol. The van der Waals surface area contributed by atoms with Crippen molar-refractivity contribution < 1.29 is 14.1 Å². The molecule has 0 unspecified atom stereocenters. The van der Waals surface area contributed by atoms with Crippen LogP contribution in [0, 0.1) is 0 Å². The summed E-state index contributed by atoms with van der Waals surface area (Å²) in [6.07, 6.45) is 3.24. The molecule has 0 saturated carbocycles. The van der Waals surface area contributed by atoms with Crippen molar-refractivity contribution in [1.29, 1.82) is 0 Å². The van der Waals surface area contributed by atoms with Gasteiger partial charge in [0.25, 0.3) is 0 Å². The fourth-order valence-electron chi connectivity index (χ4n) is 1.94. The number of ether oxygens (including phenoxy) is 1. The fraction of sp³-hybridized carbons (Fsp3) is 0.125. The Morgan fingerprint density at radius 3 is 2.61 bits per heavy atom. The van der Waals surface area contributed by atoms with Gasteiger partial charge >= 0.3 is 11.8 Å². The monoisotopic (exact) mass is 310 g/mol. The first-order valence-corrected chi connectivity index (χ1v) is 6.91. The van der Waals surface area contributed by atoms with Crippen LogP contribution in [0.5, 0.6) is 5.75 Å². The lowest BCUT2D eigenvalue weighted by atomic mass is 10.2. The molecule has 0 radical (unpaired) electrons. The molecule has 1 amide bonds. The second kappa shape index (κ2) is 6.69. The lowest BCUT2D eigenvalue weighted by Gasteiger charge is -2.04. The van der Waals surface area contributed by atoms with E-state index in [1.54, 1.807) is 31.6 Å². The molecule has 1 aromatic carbocycles. The molecule has 7 heteroatoms. The average Bonchev–Trinajstić information content (AvgIpc) is 3.11. The Bertz CT molecular complexity index is 785. The molecule has 3 rings (SSSR count). The van der Waals surface area contributed by atoms with E-state index in [0.29, 0.717) is 12.4 Å². The molecule has 2 aromatic heterocycles. The van der Waals surface area contributed by atoms with E-state index in [4.69, 9.17) is 9.26 Å². The average molecular weight is 310 g/mol. The molecule has 2 heterocycles. The molecule has 0 fully saturated rings. The molecule has 23 heavy (non-hydrogen) atoms. The molecule has 0 atom stereocenters. The molecule has 3 aromatic rings. The molecule has 0 bridgehead atoms. The van der Waals surface area contributed by atoms with Crippen LogP contribution in [0.3, 0.4) is 0 Å². The highest BCUT2D eigenvalue weighted by Gasteiger charge is 2.15. The SMILES string of the molecule is COc1ccc(CNC(=O)c2nc(-c3ccncc3)no2)cc1. The second-order valence-corrected chi connectivity index (χ2v) is 4.69. The maximum absolute atomic E-state index is 12.0. The molecule has 0 aliphatic heterocycles. The van der Waals surface area contributed by atoms with Crippen LogP contribution in [0.1, 0.15) is 16.2 Å². The smallest absolute Gasteiger partial charge is 0.316 e. The van der Waals surface area contributed by atoms with Gasteiger partial charge in [0.15, 0.2) is 0 Å². The van der Waals surface area contributed by atoms with Gasteiger partial charge in [0, 0.05) is 24.5 Å². The van der Waals surface area contributed by atoms with Crippen LogP contribution in [0.4, 0.5) is 0 Å². The van der Waals surface area contributed by atoms with Crippen LogP contribution in [-0.4, -0.2) is 28.1 Å². The number of hydrogen-bond donors (Lipinski definition) is 1. The number of carbonyl (C=O) groups is 1. The third-order valence-electron chi connectivity index (χ3n) is 3.17. The van der Waals surface area contributed by atoms with Crippen LogP contribution in [0.25, 0.3) is 11.4 Å². The van der Waals surface area contributed by atoms with Crippen molar-refractivity contribution >= 4 is 5.91 Å². The van der Waals surface area contributed by atoms with Gasteiger partial charge in [-0.05, 0) is 29.8 Å². The molecular formula is C16H14N4O3. The molecule has 116 valence electrons. The summed E-state index contributed by atoms with van der Waals surface area (Å²) >= 11 is 0. The van der Waals surface area contributed by atoms with Gasteiger partial charge in [-0.2, -0.15) is 4.98 Å². The number of amides is 1. The van der Waals surface area contributed by atoms with Crippen LogP contribution in [-0.2, 0) is 6.54 Å². The molecule has 0 aliphatic rings. The van der Waals surface area contributed by atoms with Gasteiger partial charge in [-0.25, -0.2) is 0 Å². The Labute approximate surface area is 132 Å². The third kappa shape index (κ3) is 3.52. The summed E-state index contributed by atoms with van der Waals surface area (Å²) in [6.45, 7) is 0.357. The summed E-state index contributed by atoms with van der Waals surface area (Å²) in [4.78, 5) is 20.0. The van der Waals surface area contributed by atoms with Crippen LogP contribution < -0.4 is 10.1 Å². The van der Waals surface area contributed by atoms with Crippen molar-refractivity contribution in [3.63, 3.8) is 0 Å². The minimum atomic E-state index is -0.423. The summed E-state index contributed by atoms with van der Waals surface area (Å²) in [7, 11) is 1.60. The van der Waals surface area contributed by atoms with Gasteiger partial charge in [-0.1, -0.05) is 17.3 Å². The van der Waals surface area contributed by atoms with Gasteiger partial charge in [0.1, 0.15) is 5.75 Å². The molecule has 0 spiro atoms. The van der Waals surface area contributed by atoms with Gasteiger partial charge in [-0.3, -0.25) is 9.78 Å². The zero-order valence-electron chi connectivity index (χ0n) is 12.4. The number of hydrogen-bond acceptors (Lipinski definition) is 6. The van der Waals surface area contributed by atoms with Gasteiger partial charge in [0.2, 0.25) is 5.82 Å². The number of nitrogens with one attached hydrogen (secondary N) is 1. The minimum Gasteiger partial charge on any atom is -0.497 e. The van der Waals surface area contributed by atoms with Gasteiger partial charge in [-0.15, -0.1) is 0 Å². The number of methoxy groups -OCH3 is 1. The highest BCUT2D eigenvalue weighted by molar-refractivity contribution is 5.89. The number of carbonyl (C=O) groups excluding carboxylic acids is 1. The number of nitrogens with zero attached hydrogens (tertiary/aromatic N) is 3. The summed E-state index contributed by atoms with van der Waals surface area (Å²) in [5, 5.41) is 6.52. The lowest BCUT2D eigenvalue weighted by molar-refractivity contribution is 0.0907. The summed E-state index contributed by atoms with van der Waals surface area (Å²) in [5.41, 5.74) is 1.67. The standard InChI is InChI=1S/C16H14N4O3/c1-22-13-4-2-11(3-5-13)10-18-15(21)16-19-14(20-23-16)12-6-8-17-9-7-12/h2-9H,10H2,1H3,(H,18,21). The Morgan fingerprint density at radius 2 is 1.91 bits per heavy atom. The summed E-state index contributed by atoms with van der Waals surface area (Å²) in [6, 6.07) is 10.9. The van der Waals surface area contributed by atoms with Crippen molar-refractivity contribution in [3.8, 4) is 17.1 Å². The zero-order chi connectivity index (χ0) is 16.1. The Balaban J connectivity index is 1.63. The van der Waals surface area contributed by atoms with E-state index in [0.717, 1.165) is 16.9 Å². The lowest BCUT2D eigenvalue weighted by Crippen LogP contribution is -2.23. The first-order chi connectivity index (χ1) is 11.3. The number of benzene rings is 1. The maximum atomic E-state index is 12.0. The van der Waals surface area contributed by atoms with Gasteiger partial charge in [0.05, 0.1) is 7.11 Å². The van der Waals surface area contributed by atoms with E-state index < -0.39 is 5.91 Å². The van der Waals surface area contributed by atoms with Crippen molar-refractivity contribution in [2.75, 3.05) is 7.11 Å². The van der Waals surface area contributed by atoms with Crippen molar-refractivity contribution in [2.24, 2.45) is 0 Å². The predicted octanol–water partition coefficient (Wildman–Crippen LogP) is 2.07. The number of aromatic nitrogens is 3. The van der Waals surface area contributed by atoms with E-state index in [-0.39, 0.29) is 5.89 Å². The highest BCUT2D eigenvalue weighted by atomic mass is 16.5. The van der Waals surface area contributed by atoms with E-state index >= 15 is 0 Å². The van der Waals surface area contributed by atoms with E-state index in [2.05, 4.69) is 20.4 Å². The maximum Gasteiger partial charge on any atom is 0.316 e. The van der Waals surface area contributed by atoms with E-state index in [1.807, 2.05) is 24.3 Å². The Morgan fingerprint density at radius 1 is 1.17 bits per heavy atom. The van der Waals surface area contributed by atoms with Gasteiger partial charge < -0.3 is 14.6 Å². The quantitative estimate of drug-likeness (QED) is 0.776. The molecule has 1 N–H and O–H groups in total. The van der Waals surface area contributed by atoms with Crippen molar-refractivity contribution in [2.45, 2.75) is 6.54 Å². The van der Waals surface area contributed by atoms with E-state index in [1.165, 1.54) is 0 Å². The molecule has 7 nitrogen and oxygen atoms in total. The topological polar surface area (TPSA) is 90.1 Å². The number of pyridine rings is 1. The fourth-order valence-corrected chi connectivity index (χ4v) is 1.94. The van der Waals surface area contributed by atoms with E-state index in [9.17, 15) is 4.79 Å². The largest absolute Gasteiger partial charge is 0.497 e. The number of rotatable bonds is 5. The molecule has 0 saturated heterocycles. The first kappa shape index (κ1) is 14.7. The van der Waals surface area contributed by atoms with Crippen molar-refractivity contribution in [1.82, 2.24) is 20.4 Å². The Hall–Kier alpha value is -3.22. The molecule has 0 aliphatic carbocycles. The predicted molar refractivity (Wildman–Crippen MR) is 81.7 cm³/mol. The normalized spacial score (nSPS) is 10.3.